The van der Waals surface area contributed by atoms with Crippen LogP contribution < -0.4 is 4.80 Å². The van der Waals surface area contributed by atoms with E-state index in [2.05, 4.69) is 23.0 Å². The number of rotatable bonds is 4. The summed E-state index contributed by atoms with van der Waals surface area (Å²) in [4.78, 5) is 17.9. The van der Waals surface area contributed by atoms with Crippen LogP contribution >= 0.6 is 11.3 Å². The maximum absolute atomic E-state index is 13.1. The molecule has 2 atom stereocenters. The second-order valence-corrected chi connectivity index (χ2v) is 11.5. The van der Waals surface area contributed by atoms with E-state index in [1.165, 1.54) is 39.9 Å². The van der Waals surface area contributed by atoms with Crippen molar-refractivity contribution in [1.29, 1.82) is 0 Å². The third kappa shape index (κ3) is 4.72. The van der Waals surface area contributed by atoms with E-state index in [9.17, 15) is 13.2 Å². The molecule has 0 spiro atoms. The number of thiazole rings is 1. The van der Waals surface area contributed by atoms with Crippen LogP contribution in [-0.4, -0.2) is 48.5 Å². The molecule has 1 aliphatic heterocycles. The third-order valence-corrected chi connectivity index (χ3v) is 8.76. The Labute approximate surface area is 203 Å². The Balaban J connectivity index is 1.65. The molecule has 3 aromatic rings. The maximum Gasteiger partial charge on any atom is 0.279 e. The third-order valence-electron chi connectivity index (χ3n) is 5.87. The zero-order valence-corrected chi connectivity index (χ0v) is 21.2. The first-order chi connectivity index (χ1) is 16.1. The van der Waals surface area contributed by atoms with Crippen molar-refractivity contribution in [1.82, 2.24) is 8.87 Å². The minimum atomic E-state index is -3.68. The Morgan fingerprint density at radius 2 is 1.76 bits per heavy atom. The van der Waals surface area contributed by atoms with Gasteiger partial charge in [0.25, 0.3) is 5.91 Å². The smallest absolute Gasteiger partial charge is 0.279 e. The standard InChI is InChI=1S/C25H27N3O4S2/c1-6-11-28-22-12-16(2)17(3)13-23(22)33-25(28)26-24(29)20-7-9-21(10-8-20)34(30,31)27-14-18(4)32-19(5)15-27/h1,7-10,12-13,18-19H,11,14-15H2,2-5H3. The van der Waals surface area contributed by atoms with Gasteiger partial charge in [-0.05, 0) is 75.2 Å². The fraction of sp³-hybridized carbons (Fsp3) is 0.360. The number of aryl methyl sites for hydroxylation is 2. The lowest BCUT2D eigenvalue weighted by molar-refractivity contribution is -0.0440. The van der Waals surface area contributed by atoms with Crippen LogP contribution in [0.3, 0.4) is 0 Å². The van der Waals surface area contributed by atoms with E-state index in [0.717, 1.165) is 21.3 Å². The fourth-order valence-electron chi connectivity index (χ4n) is 4.05. The van der Waals surface area contributed by atoms with Crippen molar-refractivity contribution in [2.45, 2.75) is 51.3 Å². The minimum absolute atomic E-state index is 0.139. The molecule has 7 nitrogen and oxygen atoms in total. The monoisotopic (exact) mass is 497 g/mol. The van der Waals surface area contributed by atoms with Crippen LogP contribution in [0.15, 0.2) is 46.3 Å². The van der Waals surface area contributed by atoms with Crippen molar-refractivity contribution in [3.8, 4) is 12.3 Å². The van der Waals surface area contributed by atoms with Gasteiger partial charge >= 0.3 is 0 Å². The number of ether oxygens (including phenoxy) is 1. The van der Waals surface area contributed by atoms with E-state index in [4.69, 9.17) is 11.2 Å². The van der Waals surface area contributed by atoms with Gasteiger partial charge in [-0.1, -0.05) is 17.3 Å². The number of nitrogens with zero attached hydrogens (tertiary/aromatic N) is 3. The molecular weight excluding hydrogens is 470 g/mol. The summed E-state index contributed by atoms with van der Waals surface area (Å²) in [5.74, 6) is 2.17. The number of aromatic nitrogens is 1. The number of amides is 1. The van der Waals surface area contributed by atoms with Gasteiger partial charge in [-0.15, -0.1) is 6.42 Å². The fourth-order valence-corrected chi connectivity index (χ4v) is 6.75. The molecule has 9 heteroatoms. The minimum Gasteiger partial charge on any atom is -0.373 e. The molecule has 4 rings (SSSR count). The van der Waals surface area contributed by atoms with Gasteiger partial charge in [-0.3, -0.25) is 4.79 Å². The summed E-state index contributed by atoms with van der Waals surface area (Å²) in [6, 6.07) is 10.0. The molecule has 2 unspecified atom stereocenters. The number of terminal acetylenes is 1. The zero-order valence-electron chi connectivity index (χ0n) is 19.6. The summed E-state index contributed by atoms with van der Waals surface area (Å²) in [5, 5.41) is 0. The summed E-state index contributed by atoms with van der Waals surface area (Å²) in [6.07, 6.45) is 5.21. The van der Waals surface area contributed by atoms with Crippen LogP contribution in [0.25, 0.3) is 10.2 Å². The highest BCUT2D eigenvalue weighted by Crippen LogP contribution is 2.23. The molecule has 0 radical (unpaired) electrons. The quantitative estimate of drug-likeness (QED) is 0.517. The van der Waals surface area contributed by atoms with Gasteiger partial charge in [0.05, 0.1) is 33.9 Å². The normalized spacial score (nSPS) is 19.9. The zero-order chi connectivity index (χ0) is 24.6. The topological polar surface area (TPSA) is 81.0 Å². The Bertz CT molecular complexity index is 1450. The number of hydrogen-bond acceptors (Lipinski definition) is 5. The van der Waals surface area contributed by atoms with E-state index in [0.29, 0.717) is 30.0 Å². The molecule has 34 heavy (non-hydrogen) atoms. The largest absolute Gasteiger partial charge is 0.373 e. The SMILES string of the molecule is C#CCn1c(=NC(=O)c2ccc(S(=O)(=O)N3CC(C)OC(C)C3)cc2)sc2cc(C)c(C)cc21. The van der Waals surface area contributed by atoms with Crippen molar-refractivity contribution in [2.24, 2.45) is 4.99 Å². The summed E-state index contributed by atoms with van der Waals surface area (Å²) in [7, 11) is -3.68. The van der Waals surface area contributed by atoms with Crippen molar-refractivity contribution in [3.63, 3.8) is 0 Å². The molecule has 1 saturated heterocycles. The van der Waals surface area contributed by atoms with Gasteiger partial charge in [0, 0.05) is 18.7 Å². The molecule has 1 aliphatic rings. The Morgan fingerprint density at radius 3 is 2.38 bits per heavy atom. The second-order valence-electron chi connectivity index (χ2n) is 8.60. The molecule has 0 saturated carbocycles. The molecular formula is C25H27N3O4S2. The van der Waals surface area contributed by atoms with Crippen LogP contribution in [0.4, 0.5) is 0 Å². The van der Waals surface area contributed by atoms with Gasteiger partial charge in [0.15, 0.2) is 4.80 Å². The lowest BCUT2D eigenvalue weighted by Crippen LogP contribution is -2.48. The maximum atomic E-state index is 13.1. The van der Waals surface area contributed by atoms with Gasteiger partial charge in [0.2, 0.25) is 10.0 Å². The van der Waals surface area contributed by atoms with E-state index in [1.54, 1.807) is 0 Å². The Kier molecular flexibility index (Phi) is 6.78. The molecule has 1 amide bonds. The second kappa shape index (κ2) is 9.47. The summed E-state index contributed by atoms with van der Waals surface area (Å²) in [5.41, 5.74) is 3.53. The van der Waals surface area contributed by atoms with Crippen LogP contribution in [0.5, 0.6) is 0 Å². The lowest BCUT2D eigenvalue weighted by Gasteiger charge is -2.34. The average molecular weight is 498 g/mol. The van der Waals surface area contributed by atoms with Crippen molar-refractivity contribution < 1.29 is 17.9 Å². The highest BCUT2D eigenvalue weighted by atomic mass is 32.2. The van der Waals surface area contributed by atoms with E-state index < -0.39 is 15.9 Å². The van der Waals surface area contributed by atoms with Gasteiger partial charge in [-0.25, -0.2) is 8.42 Å². The van der Waals surface area contributed by atoms with Gasteiger partial charge < -0.3 is 9.30 Å². The molecule has 178 valence electrons. The molecule has 0 aliphatic carbocycles. The van der Waals surface area contributed by atoms with E-state index in [1.807, 2.05) is 32.3 Å². The van der Waals surface area contributed by atoms with Crippen LogP contribution in [0.2, 0.25) is 0 Å². The molecule has 0 bridgehead atoms. The number of fused-ring (bicyclic) bond motifs is 1. The molecule has 1 fully saturated rings. The predicted molar refractivity (Wildman–Crippen MR) is 133 cm³/mol. The summed E-state index contributed by atoms with van der Waals surface area (Å²) in [6.45, 7) is 8.65. The number of carbonyl (C=O) groups is 1. The van der Waals surface area contributed by atoms with Crippen LogP contribution in [-0.2, 0) is 21.3 Å². The predicted octanol–water partition coefficient (Wildman–Crippen LogP) is 3.49. The molecule has 2 aromatic carbocycles. The number of sulfonamides is 1. The van der Waals surface area contributed by atoms with Gasteiger partial charge in [-0.2, -0.15) is 9.30 Å². The number of hydrogen-bond donors (Lipinski definition) is 0. The Morgan fingerprint density at radius 1 is 1.15 bits per heavy atom. The van der Waals surface area contributed by atoms with E-state index in [-0.39, 0.29) is 17.1 Å². The first-order valence-corrected chi connectivity index (χ1v) is 13.2. The highest BCUT2D eigenvalue weighted by Gasteiger charge is 2.32. The van der Waals surface area contributed by atoms with Crippen LogP contribution in [0, 0.1) is 26.2 Å². The first-order valence-electron chi connectivity index (χ1n) is 11.0. The van der Waals surface area contributed by atoms with Crippen molar-refractivity contribution in [3.05, 3.63) is 57.9 Å². The number of carbonyl (C=O) groups excluding carboxylic acids is 1. The first kappa shape index (κ1) is 24.4. The summed E-state index contributed by atoms with van der Waals surface area (Å²) < 4.78 is 36.0. The highest BCUT2D eigenvalue weighted by molar-refractivity contribution is 7.89. The number of benzene rings is 2. The van der Waals surface area contributed by atoms with Crippen molar-refractivity contribution >= 4 is 37.5 Å². The summed E-state index contributed by atoms with van der Waals surface area (Å²) >= 11 is 1.40. The van der Waals surface area contributed by atoms with Crippen LogP contribution in [0.1, 0.15) is 35.3 Å². The van der Waals surface area contributed by atoms with E-state index >= 15 is 0 Å². The Hall–Kier alpha value is -2.77. The molecule has 0 N–H and O–H groups in total. The molecule has 1 aromatic heterocycles. The van der Waals surface area contributed by atoms with Gasteiger partial charge in [0.1, 0.15) is 0 Å². The molecule has 2 heterocycles. The lowest BCUT2D eigenvalue weighted by atomic mass is 10.1. The average Bonchev–Trinajstić information content (AvgIpc) is 3.09. The number of morpholine rings is 1. The van der Waals surface area contributed by atoms with Crippen molar-refractivity contribution in [2.75, 3.05) is 13.1 Å².